The van der Waals surface area contributed by atoms with Crippen molar-refractivity contribution in [1.82, 2.24) is 4.90 Å². The van der Waals surface area contributed by atoms with Crippen LogP contribution in [0.2, 0.25) is 0 Å². The Labute approximate surface area is 138 Å². The molecule has 6 nitrogen and oxygen atoms in total. The van der Waals surface area contributed by atoms with Gasteiger partial charge in [0.15, 0.2) is 0 Å². The lowest BCUT2D eigenvalue weighted by atomic mass is 10.1. The predicted molar refractivity (Wildman–Crippen MR) is 89.8 cm³/mol. The maximum Gasteiger partial charge on any atom is 0.282 e. The Morgan fingerprint density at radius 2 is 1.83 bits per heavy atom. The normalized spacial score (nSPS) is 12.1. The number of fused-ring (bicyclic) bond motifs is 1. The van der Waals surface area contributed by atoms with Crippen LogP contribution in [-0.2, 0) is 0 Å². The van der Waals surface area contributed by atoms with Crippen molar-refractivity contribution in [2.75, 3.05) is 7.05 Å². The van der Waals surface area contributed by atoms with E-state index >= 15 is 0 Å². The highest BCUT2D eigenvalue weighted by atomic mass is 16.6. The molecule has 2 aromatic carbocycles. The summed E-state index contributed by atoms with van der Waals surface area (Å²) < 4.78 is 5.79. The number of rotatable bonds is 4. The minimum atomic E-state index is -0.549. The summed E-state index contributed by atoms with van der Waals surface area (Å²) >= 11 is 0. The third kappa shape index (κ3) is 2.74. The average Bonchev–Trinajstić information content (AvgIpc) is 3.03. The van der Waals surface area contributed by atoms with Crippen molar-refractivity contribution >= 4 is 22.6 Å². The monoisotopic (exact) mass is 324 g/mol. The molecule has 0 aliphatic carbocycles. The second-order valence-corrected chi connectivity index (χ2v) is 5.55. The molecule has 0 aliphatic rings. The number of furan rings is 1. The molecular formula is C18H16N2O4. The van der Waals surface area contributed by atoms with Gasteiger partial charge in [0.1, 0.15) is 16.9 Å². The molecule has 24 heavy (non-hydrogen) atoms. The van der Waals surface area contributed by atoms with Crippen LogP contribution in [0.5, 0.6) is 0 Å². The van der Waals surface area contributed by atoms with Crippen LogP contribution in [0.4, 0.5) is 5.69 Å². The fourth-order valence-corrected chi connectivity index (χ4v) is 2.58. The van der Waals surface area contributed by atoms with Crippen LogP contribution in [0.15, 0.2) is 59.0 Å². The van der Waals surface area contributed by atoms with Gasteiger partial charge in [0.2, 0.25) is 0 Å². The number of carbonyl (C=O) groups excluding carboxylic acids is 1. The van der Waals surface area contributed by atoms with Gasteiger partial charge in [0.05, 0.1) is 11.0 Å². The van der Waals surface area contributed by atoms with Crippen LogP contribution in [0.1, 0.15) is 29.1 Å². The van der Waals surface area contributed by atoms with Gasteiger partial charge in [-0.2, -0.15) is 0 Å². The number of nitro benzene ring substituents is 1. The van der Waals surface area contributed by atoms with Crippen molar-refractivity contribution in [1.29, 1.82) is 0 Å². The van der Waals surface area contributed by atoms with Crippen molar-refractivity contribution in [3.63, 3.8) is 0 Å². The van der Waals surface area contributed by atoms with E-state index in [1.165, 1.54) is 23.1 Å². The van der Waals surface area contributed by atoms with E-state index in [9.17, 15) is 14.9 Å². The molecule has 0 unspecified atom stereocenters. The molecule has 3 rings (SSSR count). The highest BCUT2D eigenvalue weighted by Gasteiger charge is 2.26. The minimum Gasteiger partial charge on any atom is -0.459 e. The largest absolute Gasteiger partial charge is 0.459 e. The van der Waals surface area contributed by atoms with Crippen LogP contribution in [0.3, 0.4) is 0 Å². The lowest BCUT2D eigenvalue weighted by Crippen LogP contribution is -2.30. The molecule has 0 saturated carbocycles. The van der Waals surface area contributed by atoms with Gasteiger partial charge in [-0.25, -0.2) is 0 Å². The SMILES string of the molecule is C[C@@H](c1cc2ccccc2o1)N(C)C(=O)c1ccccc1[N+](=O)[O-]. The molecule has 6 heteroatoms. The lowest BCUT2D eigenvalue weighted by molar-refractivity contribution is -0.385. The smallest absolute Gasteiger partial charge is 0.282 e. The highest BCUT2D eigenvalue weighted by Crippen LogP contribution is 2.29. The lowest BCUT2D eigenvalue weighted by Gasteiger charge is -2.23. The molecule has 1 heterocycles. The van der Waals surface area contributed by atoms with Gasteiger partial charge in [-0.3, -0.25) is 14.9 Å². The second kappa shape index (κ2) is 6.16. The highest BCUT2D eigenvalue weighted by molar-refractivity contribution is 5.98. The number of benzene rings is 2. The van der Waals surface area contributed by atoms with Crippen LogP contribution in [-0.4, -0.2) is 22.8 Å². The maximum absolute atomic E-state index is 12.7. The van der Waals surface area contributed by atoms with E-state index in [-0.39, 0.29) is 17.3 Å². The minimum absolute atomic E-state index is 0.0629. The third-order valence-electron chi connectivity index (χ3n) is 4.09. The third-order valence-corrected chi connectivity index (χ3v) is 4.09. The fourth-order valence-electron chi connectivity index (χ4n) is 2.58. The summed E-state index contributed by atoms with van der Waals surface area (Å²) in [6.07, 6.45) is 0. The predicted octanol–water partition coefficient (Wildman–Crippen LogP) is 4.17. The van der Waals surface area contributed by atoms with Crippen molar-refractivity contribution in [3.8, 4) is 0 Å². The molecule has 1 aromatic heterocycles. The van der Waals surface area contributed by atoms with Crippen LogP contribution in [0.25, 0.3) is 11.0 Å². The van der Waals surface area contributed by atoms with Crippen molar-refractivity contribution in [3.05, 3.63) is 76.0 Å². The first-order valence-electron chi connectivity index (χ1n) is 7.48. The molecular weight excluding hydrogens is 308 g/mol. The Morgan fingerprint density at radius 1 is 1.17 bits per heavy atom. The molecule has 0 radical (unpaired) electrons. The first-order valence-corrected chi connectivity index (χ1v) is 7.48. The van der Waals surface area contributed by atoms with Gasteiger partial charge in [-0.05, 0) is 25.1 Å². The van der Waals surface area contributed by atoms with Gasteiger partial charge in [-0.15, -0.1) is 0 Å². The molecule has 122 valence electrons. The first-order chi connectivity index (χ1) is 11.5. The van der Waals surface area contributed by atoms with E-state index < -0.39 is 10.8 Å². The van der Waals surface area contributed by atoms with E-state index in [4.69, 9.17) is 4.42 Å². The second-order valence-electron chi connectivity index (χ2n) is 5.55. The number of hydrogen-bond donors (Lipinski definition) is 0. The van der Waals surface area contributed by atoms with Gasteiger partial charge >= 0.3 is 0 Å². The van der Waals surface area contributed by atoms with E-state index in [1.807, 2.05) is 37.3 Å². The molecule has 1 amide bonds. The summed E-state index contributed by atoms with van der Waals surface area (Å²) in [7, 11) is 1.61. The van der Waals surface area contributed by atoms with E-state index in [1.54, 1.807) is 13.1 Å². The summed E-state index contributed by atoms with van der Waals surface area (Å²) in [6.45, 7) is 1.82. The molecule has 0 aliphatic heterocycles. The Bertz CT molecular complexity index is 883. The van der Waals surface area contributed by atoms with Gasteiger partial charge in [0.25, 0.3) is 11.6 Å². The average molecular weight is 324 g/mol. The van der Waals surface area contributed by atoms with Crippen molar-refractivity contribution in [2.45, 2.75) is 13.0 Å². The zero-order valence-electron chi connectivity index (χ0n) is 13.3. The van der Waals surface area contributed by atoms with Gasteiger partial charge < -0.3 is 9.32 Å². The molecule has 3 aromatic rings. The van der Waals surface area contributed by atoms with E-state index in [0.29, 0.717) is 5.76 Å². The number of carbonyl (C=O) groups is 1. The van der Waals surface area contributed by atoms with Crippen molar-refractivity contribution in [2.24, 2.45) is 0 Å². The standard InChI is InChI=1S/C18H16N2O4/c1-12(17-11-13-7-3-6-10-16(13)24-17)19(2)18(21)14-8-4-5-9-15(14)20(22)23/h3-12H,1-2H3/t12-/m0/s1. The Kier molecular flexibility index (Phi) is 4.04. The number of nitro groups is 1. The summed E-state index contributed by atoms with van der Waals surface area (Å²) in [6, 6.07) is 15.0. The molecule has 1 atom stereocenters. The van der Waals surface area contributed by atoms with Crippen LogP contribution in [0, 0.1) is 10.1 Å². The summed E-state index contributed by atoms with van der Waals surface area (Å²) in [4.78, 5) is 24.7. The molecule has 0 saturated heterocycles. The molecule has 0 fully saturated rings. The fraction of sp³-hybridized carbons (Fsp3) is 0.167. The topological polar surface area (TPSA) is 76.6 Å². The number of para-hydroxylation sites is 2. The molecule has 0 bridgehead atoms. The molecule has 0 N–H and O–H groups in total. The van der Waals surface area contributed by atoms with Gasteiger partial charge in [-0.1, -0.05) is 30.3 Å². The van der Waals surface area contributed by atoms with E-state index in [2.05, 4.69) is 0 Å². The zero-order valence-corrected chi connectivity index (χ0v) is 13.3. The van der Waals surface area contributed by atoms with Crippen LogP contribution < -0.4 is 0 Å². The summed E-state index contributed by atoms with van der Waals surface area (Å²) in [5.41, 5.74) is 0.602. The molecule has 0 spiro atoms. The maximum atomic E-state index is 12.7. The number of hydrogen-bond acceptors (Lipinski definition) is 4. The number of amides is 1. The van der Waals surface area contributed by atoms with Gasteiger partial charge in [0, 0.05) is 18.5 Å². The van der Waals surface area contributed by atoms with Crippen molar-refractivity contribution < 1.29 is 14.1 Å². The first kappa shape index (κ1) is 15.7. The number of nitrogens with zero attached hydrogens (tertiary/aromatic N) is 2. The van der Waals surface area contributed by atoms with Crippen LogP contribution >= 0.6 is 0 Å². The zero-order chi connectivity index (χ0) is 17.3. The Hall–Kier alpha value is -3.15. The summed E-state index contributed by atoms with van der Waals surface area (Å²) in [5, 5.41) is 12.1. The summed E-state index contributed by atoms with van der Waals surface area (Å²) in [5.74, 6) is 0.209. The Morgan fingerprint density at radius 3 is 2.54 bits per heavy atom. The quantitative estimate of drug-likeness (QED) is 0.533. The van der Waals surface area contributed by atoms with E-state index in [0.717, 1.165) is 11.0 Å². The Balaban J connectivity index is 1.91.